The van der Waals surface area contributed by atoms with Gasteiger partial charge >= 0.3 is 11.9 Å². The molecule has 1 aliphatic heterocycles. The van der Waals surface area contributed by atoms with Crippen LogP contribution in [-0.2, 0) is 16.1 Å². The van der Waals surface area contributed by atoms with E-state index in [1.807, 2.05) is 9.80 Å². The van der Waals surface area contributed by atoms with E-state index in [1.165, 1.54) is 4.57 Å². The van der Waals surface area contributed by atoms with Gasteiger partial charge in [-0.1, -0.05) is 17.7 Å². The Kier molecular flexibility index (Phi) is 5.99. The predicted octanol–water partition coefficient (Wildman–Crippen LogP) is 2.59. The van der Waals surface area contributed by atoms with Crippen LogP contribution in [0.1, 0.15) is 17.2 Å². The molecule has 4 rings (SSSR count). The van der Waals surface area contributed by atoms with Crippen molar-refractivity contribution in [3.63, 3.8) is 0 Å². The average Bonchev–Trinajstić information content (AvgIpc) is 3.10. The molecule has 3 heterocycles. The van der Waals surface area contributed by atoms with Crippen molar-refractivity contribution in [1.82, 2.24) is 14.5 Å². The Morgan fingerprint density at radius 1 is 1.19 bits per heavy atom. The van der Waals surface area contributed by atoms with Crippen LogP contribution in [-0.4, -0.2) is 62.8 Å². The van der Waals surface area contributed by atoms with Crippen LogP contribution >= 0.6 is 11.6 Å². The minimum atomic E-state index is -1.03. The van der Waals surface area contributed by atoms with Gasteiger partial charge in [-0.05, 0) is 24.3 Å². The summed E-state index contributed by atoms with van der Waals surface area (Å²) >= 11 is 6.10. The van der Waals surface area contributed by atoms with Crippen molar-refractivity contribution >= 4 is 40.3 Å². The van der Waals surface area contributed by atoms with Crippen LogP contribution in [0.2, 0.25) is 5.02 Å². The number of piperazine rings is 1. The summed E-state index contributed by atoms with van der Waals surface area (Å²) in [4.78, 5) is 31.8. The molecule has 1 saturated heterocycles. The summed E-state index contributed by atoms with van der Waals surface area (Å²) in [5.41, 5.74) is 1.57. The molecule has 1 unspecified atom stereocenters. The highest BCUT2D eigenvalue weighted by Crippen LogP contribution is 2.33. The van der Waals surface area contributed by atoms with Crippen LogP contribution in [0.15, 0.2) is 42.7 Å². The van der Waals surface area contributed by atoms with E-state index in [0.717, 1.165) is 0 Å². The van der Waals surface area contributed by atoms with Gasteiger partial charge in [0, 0.05) is 54.5 Å². The number of carboxylic acid groups (broad SMARTS) is 2. The zero-order valence-electron chi connectivity index (χ0n) is 17.0. The SMILES string of the molecule is N#Cc1cccnc1N1CCN(C(C(=O)O)c2cn(CC(=O)O)c3cc(Cl)ccc23)CC1. The number of carbonyl (C=O) groups is 2. The Bertz CT molecular complexity index is 1230. The van der Waals surface area contributed by atoms with E-state index in [9.17, 15) is 25.1 Å². The van der Waals surface area contributed by atoms with Gasteiger partial charge in [-0.3, -0.25) is 14.5 Å². The lowest BCUT2D eigenvalue weighted by atomic mass is 10.0. The maximum Gasteiger partial charge on any atom is 0.325 e. The van der Waals surface area contributed by atoms with E-state index in [4.69, 9.17) is 11.6 Å². The number of fused-ring (bicyclic) bond motifs is 1. The minimum Gasteiger partial charge on any atom is -0.480 e. The van der Waals surface area contributed by atoms with Crippen molar-refractivity contribution in [1.29, 1.82) is 5.26 Å². The van der Waals surface area contributed by atoms with Crippen LogP contribution in [0.4, 0.5) is 5.82 Å². The molecular formula is C22H20ClN5O4. The number of nitrogens with zero attached hydrogens (tertiary/aromatic N) is 5. The summed E-state index contributed by atoms with van der Waals surface area (Å²) in [6, 6.07) is 9.64. The van der Waals surface area contributed by atoms with Gasteiger partial charge < -0.3 is 19.7 Å². The zero-order chi connectivity index (χ0) is 22.8. The van der Waals surface area contributed by atoms with E-state index in [0.29, 0.717) is 59.0 Å². The maximum atomic E-state index is 12.3. The second kappa shape index (κ2) is 8.86. The maximum absolute atomic E-state index is 12.3. The first-order valence-corrected chi connectivity index (χ1v) is 10.3. The molecule has 1 aromatic carbocycles. The van der Waals surface area contributed by atoms with Gasteiger partial charge in [0.2, 0.25) is 0 Å². The molecule has 0 amide bonds. The van der Waals surface area contributed by atoms with Gasteiger partial charge in [-0.2, -0.15) is 5.26 Å². The fourth-order valence-corrected chi connectivity index (χ4v) is 4.37. The molecule has 0 saturated carbocycles. The highest BCUT2D eigenvalue weighted by Gasteiger charge is 2.33. The normalized spacial score (nSPS) is 15.4. The van der Waals surface area contributed by atoms with Crippen molar-refractivity contribution in [3.8, 4) is 6.07 Å². The number of aromatic nitrogens is 2. The number of pyridine rings is 1. The van der Waals surface area contributed by atoms with E-state index >= 15 is 0 Å². The predicted molar refractivity (Wildman–Crippen MR) is 118 cm³/mol. The topological polar surface area (TPSA) is 123 Å². The van der Waals surface area contributed by atoms with Crippen LogP contribution in [0, 0.1) is 11.3 Å². The molecule has 10 heteroatoms. The number of hydrogen-bond donors (Lipinski definition) is 2. The number of halogens is 1. The third-order valence-corrected chi connectivity index (χ3v) is 5.83. The van der Waals surface area contributed by atoms with Crippen LogP contribution in [0.25, 0.3) is 10.9 Å². The Labute approximate surface area is 188 Å². The summed E-state index contributed by atoms with van der Waals surface area (Å²) in [6.07, 6.45) is 3.22. The molecule has 2 aromatic heterocycles. The highest BCUT2D eigenvalue weighted by atomic mass is 35.5. The van der Waals surface area contributed by atoms with E-state index in [1.54, 1.807) is 42.7 Å². The number of nitriles is 1. The first-order valence-electron chi connectivity index (χ1n) is 9.96. The number of carboxylic acids is 2. The third-order valence-electron chi connectivity index (χ3n) is 5.60. The van der Waals surface area contributed by atoms with Gasteiger partial charge in [0.25, 0.3) is 0 Å². The fourth-order valence-electron chi connectivity index (χ4n) is 4.20. The quantitative estimate of drug-likeness (QED) is 0.583. The smallest absolute Gasteiger partial charge is 0.325 e. The van der Waals surface area contributed by atoms with Gasteiger partial charge in [0.1, 0.15) is 24.5 Å². The summed E-state index contributed by atoms with van der Waals surface area (Å²) in [5, 5.41) is 29.8. The van der Waals surface area contributed by atoms with Gasteiger partial charge in [-0.15, -0.1) is 0 Å². The molecule has 1 atom stereocenters. The Hall–Kier alpha value is -3.61. The van der Waals surface area contributed by atoms with E-state index in [2.05, 4.69) is 11.1 Å². The van der Waals surface area contributed by atoms with Crippen LogP contribution < -0.4 is 4.90 Å². The molecule has 32 heavy (non-hydrogen) atoms. The summed E-state index contributed by atoms with van der Waals surface area (Å²) in [5.74, 6) is -1.45. The number of rotatable bonds is 6. The minimum absolute atomic E-state index is 0.298. The van der Waals surface area contributed by atoms with Crippen molar-refractivity contribution < 1.29 is 19.8 Å². The van der Waals surface area contributed by atoms with Crippen LogP contribution in [0.3, 0.4) is 0 Å². The molecule has 9 nitrogen and oxygen atoms in total. The summed E-state index contributed by atoms with van der Waals surface area (Å²) < 4.78 is 1.51. The van der Waals surface area contributed by atoms with Crippen molar-refractivity contribution in [2.24, 2.45) is 0 Å². The Balaban J connectivity index is 1.64. The average molecular weight is 454 g/mol. The van der Waals surface area contributed by atoms with Crippen molar-refractivity contribution in [3.05, 3.63) is 58.9 Å². The number of anilines is 1. The lowest BCUT2D eigenvalue weighted by Gasteiger charge is -2.38. The molecule has 0 bridgehead atoms. The van der Waals surface area contributed by atoms with E-state index < -0.39 is 18.0 Å². The monoisotopic (exact) mass is 453 g/mol. The highest BCUT2D eigenvalue weighted by molar-refractivity contribution is 6.31. The molecule has 0 aliphatic carbocycles. The van der Waals surface area contributed by atoms with Crippen LogP contribution in [0.5, 0.6) is 0 Å². The van der Waals surface area contributed by atoms with Gasteiger partial charge in [0.15, 0.2) is 0 Å². The molecule has 0 spiro atoms. The van der Waals surface area contributed by atoms with E-state index in [-0.39, 0.29) is 6.54 Å². The van der Waals surface area contributed by atoms with Crippen molar-refractivity contribution in [2.75, 3.05) is 31.1 Å². The van der Waals surface area contributed by atoms with Gasteiger partial charge in [-0.25, -0.2) is 4.98 Å². The Morgan fingerprint density at radius 3 is 2.59 bits per heavy atom. The molecule has 0 radical (unpaired) electrons. The lowest BCUT2D eigenvalue weighted by Crippen LogP contribution is -2.49. The summed E-state index contributed by atoms with van der Waals surface area (Å²) in [6.45, 7) is 1.60. The molecule has 1 aliphatic rings. The first-order chi connectivity index (χ1) is 15.4. The number of benzene rings is 1. The molecule has 164 valence electrons. The Morgan fingerprint density at radius 2 is 1.94 bits per heavy atom. The molecule has 2 N–H and O–H groups in total. The largest absolute Gasteiger partial charge is 0.480 e. The second-order valence-electron chi connectivity index (χ2n) is 7.52. The first kappa shape index (κ1) is 21.6. The van der Waals surface area contributed by atoms with Gasteiger partial charge in [0.05, 0.1) is 11.1 Å². The molecule has 3 aromatic rings. The second-order valence-corrected chi connectivity index (χ2v) is 7.95. The lowest BCUT2D eigenvalue weighted by molar-refractivity contribution is -0.143. The molecule has 1 fully saturated rings. The third kappa shape index (κ3) is 4.10. The van der Waals surface area contributed by atoms with Crippen molar-refractivity contribution in [2.45, 2.75) is 12.6 Å². The molecular weight excluding hydrogens is 434 g/mol. The number of aliphatic carboxylic acids is 2. The fraction of sp³-hybridized carbons (Fsp3) is 0.273. The zero-order valence-corrected chi connectivity index (χ0v) is 17.7. The summed E-state index contributed by atoms with van der Waals surface area (Å²) in [7, 11) is 0. The standard InChI is InChI=1S/C22H20ClN5O4/c23-15-3-4-16-17(12-28(13-19(29)30)18(16)10-15)20(22(31)32)26-6-8-27(9-7-26)21-14(11-24)2-1-5-25-21/h1-5,10,12,20H,6-9,13H2,(H,29,30)(H,31,32). The number of hydrogen-bond acceptors (Lipinski definition) is 6.